The zero-order chi connectivity index (χ0) is 27.9. The number of methoxy groups -OCH3 is 1. The number of hydrogen-bond acceptors (Lipinski definition) is 6. The van der Waals surface area contributed by atoms with Crippen LogP contribution in [0.4, 0.5) is 5.69 Å². The maximum Gasteiger partial charge on any atom is 0.224 e. The molecule has 0 fully saturated rings. The molecule has 40 heavy (non-hydrogen) atoms. The van der Waals surface area contributed by atoms with Crippen molar-refractivity contribution in [2.75, 3.05) is 12.4 Å². The van der Waals surface area contributed by atoms with E-state index in [0.717, 1.165) is 39.0 Å². The Labute approximate surface area is 231 Å². The lowest BCUT2D eigenvalue weighted by Gasteiger charge is -2.17. The van der Waals surface area contributed by atoms with Crippen molar-refractivity contribution >= 4 is 33.7 Å². The van der Waals surface area contributed by atoms with Crippen molar-refractivity contribution in [1.29, 1.82) is 0 Å². The molecule has 3 N–H and O–H groups in total. The number of rotatable bonds is 6. The lowest BCUT2D eigenvalue weighted by Crippen LogP contribution is -2.19. The highest BCUT2D eigenvalue weighted by atomic mass is 16.5. The number of fused-ring (bicyclic) bond motifs is 2. The smallest absolute Gasteiger partial charge is 0.224 e. The summed E-state index contributed by atoms with van der Waals surface area (Å²) in [5.74, 6) is 1.35. The van der Waals surface area contributed by atoms with E-state index in [2.05, 4.69) is 25.5 Å². The van der Waals surface area contributed by atoms with Gasteiger partial charge in [0.1, 0.15) is 11.3 Å². The van der Waals surface area contributed by atoms with Crippen LogP contribution in [0.1, 0.15) is 27.2 Å². The quantitative estimate of drug-likeness (QED) is 0.222. The Kier molecular flexibility index (Phi) is 6.26. The van der Waals surface area contributed by atoms with E-state index in [9.17, 15) is 4.79 Å². The fourth-order valence-electron chi connectivity index (χ4n) is 4.73. The fourth-order valence-corrected chi connectivity index (χ4v) is 4.73. The van der Waals surface area contributed by atoms with Crippen molar-refractivity contribution in [3.63, 3.8) is 0 Å². The summed E-state index contributed by atoms with van der Waals surface area (Å²) in [4.78, 5) is 30.0. The molecule has 0 unspecified atom stereocenters. The standard InChI is InChI=1S/C31H29N7O2/c1-31(2,3)15-26(39)33-20-13-19(16-32-17-20)23-11-12-25-28(34-23)29(38-37-25)30-35-24-10-6-9-22(27(24)36-30)18-7-5-8-21(14-18)40-4/h5-14,16-17H,15H2,1-4H3,(H,33,39)(H,35,36)(H,37,38). The van der Waals surface area contributed by atoms with Crippen molar-refractivity contribution in [2.45, 2.75) is 27.2 Å². The minimum atomic E-state index is -0.106. The minimum absolute atomic E-state index is 0.0508. The molecule has 0 saturated heterocycles. The number of hydrogen-bond donors (Lipinski definition) is 3. The average molecular weight is 532 g/mol. The topological polar surface area (TPSA) is 121 Å². The monoisotopic (exact) mass is 531 g/mol. The van der Waals surface area contributed by atoms with E-state index in [4.69, 9.17) is 14.7 Å². The molecule has 0 aliphatic heterocycles. The maximum atomic E-state index is 12.5. The first-order valence-electron chi connectivity index (χ1n) is 13.0. The Morgan fingerprint density at radius 1 is 0.925 bits per heavy atom. The number of benzene rings is 2. The summed E-state index contributed by atoms with van der Waals surface area (Å²) in [7, 11) is 1.66. The molecule has 6 aromatic rings. The molecule has 0 bridgehead atoms. The summed E-state index contributed by atoms with van der Waals surface area (Å²) in [5.41, 5.74) is 7.83. The molecule has 0 saturated carbocycles. The van der Waals surface area contributed by atoms with Crippen molar-refractivity contribution in [1.82, 2.24) is 30.1 Å². The molecule has 0 spiro atoms. The number of para-hydroxylation sites is 1. The van der Waals surface area contributed by atoms with Gasteiger partial charge in [0.2, 0.25) is 5.91 Å². The largest absolute Gasteiger partial charge is 0.497 e. The molecule has 0 radical (unpaired) electrons. The fraction of sp³-hybridized carbons (Fsp3) is 0.194. The summed E-state index contributed by atoms with van der Waals surface area (Å²) >= 11 is 0. The van der Waals surface area contributed by atoms with E-state index in [1.54, 1.807) is 19.5 Å². The summed E-state index contributed by atoms with van der Waals surface area (Å²) in [6.45, 7) is 6.10. The Bertz CT molecular complexity index is 1860. The van der Waals surface area contributed by atoms with Gasteiger partial charge in [0.05, 0.1) is 41.2 Å². The minimum Gasteiger partial charge on any atom is -0.497 e. The number of anilines is 1. The van der Waals surface area contributed by atoms with Crippen molar-refractivity contribution in [3.8, 4) is 39.7 Å². The van der Waals surface area contributed by atoms with Crippen LogP contribution in [0.15, 0.2) is 73.1 Å². The lowest BCUT2D eigenvalue weighted by molar-refractivity contribution is -0.117. The van der Waals surface area contributed by atoms with Crippen LogP contribution in [0.3, 0.4) is 0 Å². The molecule has 0 aliphatic carbocycles. The van der Waals surface area contributed by atoms with Crippen molar-refractivity contribution in [2.24, 2.45) is 5.41 Å². The van der Waals surface area contributed by atoms with Gasteiger partial charge in [-0.15, -0.1) is 0 Å². The van der Waals surface area contributed by atoms with Crippen LogP contribution >= 0.6 is 0 Å². The third kappa shape index (κ3) is 5.01. The van der Waals surface area contributed by atoms with Gasteiger partial charge in [0.15, 0.2) is 11.5 Å². The normalized spacial score (nSPS) is 11.7. The molecule has 9 nitrogen and oxygen atoms in total. The van der Waals surface area contributed by atoms with Crippen LogP contribution in [0, 0.1) is 5.41 Å². The summed E-state index contributed by atoms with van der Waals surface area (Å²) in [6.07, 6.45) is 3.78. The number of nitrogens with zero attached hydrogens (tertiary/aromatic N) is 4. The molecule has 6 rings (SSSR count). The van der Waals surface area contributed by atoms with E-state index in [-0.39, 0.29) is 11.3 Å². The van der Waals surface area contributed by atoms with E-state index in [1.807, 2.05) is 81.4 Å². The molecular formula is C31H29N7O2. The number of amides is 1. The molecule has 9 heteroatoms. The zero-order valence-corrected chi connectivity index (χ0v) is 22.7. The molecule has 2 aromatic carbocycles. The van der Waals surface area contributed by atoms with Gasteiger partial charge in [0.25, 0.3) is 0 Å². The first-order chi connectivity index (χ1) is 19.3. The van der Waals surface area contributed by atoms with Crippen molar-refractivity contribution < 1.29 is 9.53 Å². The Morgan fingerprint density at radius 3 is 2.60 bits per heavy atom. The number of H-pyrrole nitrogens is 2. The van der Waals surface area contributed by atoms with Crippen LogP contribution in [0.25, 0.3) is 56.0 Å². The second kappa shape index (κ2) is 9.92. The van der Waals surface area contributed by atoms with E-state index in [1.165, 1.54) is 0 Å². The number of imidazole rings is 1. The zero-order valence-electron chi connectivity index (χ0n) is 22.7. The third-order valence-electron chi connectivity index (χ3n) is 6.53. The lowest BCUT2D eigenvalue weighted by atomic mass is 9.92. The number of carbonyl (C=O) groups is 1. The third-order valence-corrected chi connectivity index (χ3v) is 6.53. The predicted octanol–water partition coefficient (Wildman–Crippen LogP) is 6.61. The van der Waals surface area contributed by atoms with Crippen LogP contribution in [-0.2, 0) is 4.79 Å². The second-order valence-corrected chi connectivity index (χ2v) is 10.9. The van der Waals surface area contributed by atoms with Gasteiger partial charge >= 0.3 is 0 Å². The van der Waals surface area contributed by atoms with E-state index >= 15 is 0 Å². The number of ether oxygens (including phenoxy) is 1. The van der Waals surface area contributed by atoms with Gasteiger partial charge in [-0.25, -0.2) is 9.97 Å². The number of nitrogens with one attached hydrogen (secondary N) is 3. The van der Waals surface area contributed by atoms with Gasteiger partial charge in [-0.1, -0.05) is 45.0 Å². The van der Waals surface area contributed by atoms with Crippen LogP contribution in [0.2, 0.25) is 0 Å². The number of aromatic nitrogens is 6. The molecule has 0 aliphatic rings. The molecule has 1 amide bonds. The van der Waals surface area contributed by atoms with Gasteiger partial charge in [-0.05, 0) is 47.4 Å². The first-order valence-corrected chi connectivity index (χ1v) is 13.0. The van der Waals surface area contributed by atoms with E-state index < -0.39 is 0 Å². The van der Waals surface area contributed by atoms with Gasteiger partial charge in [-0.3, -0.25) is 14.9 Å². The Hall–Kier alpha value is -5.05. The number of pyridine rings is 2. The molecular weight excluding hydrogens is 502 g/mol. The van der Waals surface area contributed by atoms with Crippen molar-refractivity contribution in [3.05, 3.63) is 73.1 Å². The Balaban J connectivity index is 1.36. The highest BCUT2D eigenvalue weighted by molar-refractivity contribution is 5.96. The molecule has 4 heterocycles. The van der Waals surface area contributed by atoms with Gasteiger partial charge in [-0.2, -0.15) is 5.10 Å². The molecule has 0 atom stereocenters. The first kappa shape index (κ1) is 25.2. The highest BCUT2D eigenvalue weighted by Gasteiger charge is 2.18. The average Bonchev–Trinajstić information content (AvgIpc) is 3.55. The van der Waals surface area contributed by atoms with E-state index in [0.29, 0.717) is 34.8 Å². The maximum absolute atomic E-state index is 12.5. The highest BCUT2D eigenvalue weighted by Crippen LogP contribution is 2.33. The Morgan fingerprint density at radius 2 is 1.77 bits per heavy atom. The SMILES string of the molecule is COc1cccc(-c2cccc3[nH]c(-c4n[nH]c5ccc(-c6cncc(NC(=O)CC(C)(C)C)c6)nc45)nc23)c1. The number of aromatic amines is 2. The van der Waals surface area contributed by atoms with Gasteiger partial charge in [0, 0.05) is 23.7 Å². The summed E-state index contributed by atoms with van der Waals surface area (Å²) in [6, 6.07) is 19.7. The summed E-state index contributed by atoms with van der Waals surface area (Å²) < 4.78 is 5.42. The van der Waals surface area contributed by atoms with Gasteiger partial charge < -0.3 is 15.0 Å². The second-order valence-electron chi connectivity index (χ2n) is 10.9. The van der Waals surface area contributed by atoms with Crippen LogP contribution in [-0.4, -0.2) is 43.2 Å². The summed E-state index contributed by atoms with van der Waals surface area (Å²) in [5, 5.41) is 10.6. The predicted molar refractivity (Wildman–Crippen MR) is 157 cm³/mol. The molecule has 200 valence electrons. The number of carbonyl (C=O) groups excluding carboxylic acids is 1. The van der Waals surface area contributed by atoms with Crippen LogP contribution in [0.5, 0.6) is 5.75 Å². The molecule has 4 aromatic heterocycles. The van der Waals surface area contributed by atoms with Crippen LogP contribution < -0.4 is 10.1 Å².